The summed E-state index contributed by atoms with van der Waals surface area (Å²) in [4.78, 5) is 22.5. The largest absolute Gasteiger partial charge is 0.493 e. The van der Waals surface area contributed by atoms with Crippen molar-refractivity contribution in [1.82, 2.24) is 0 Å². The van der Waals surface area contributed by atoms with Crippen LogP contribution in [0.4, 0.5) is 0 Å². The Morgan fingerprint density at radius 2 is 1.82 bits per heavy atom. The molecule has 0 aliphatic heterocycles. The highest BCUT2D eigenvalue weighted by atomic mass is 16.5. The van der Waals surface area contributed by atoms with Crippen molar-refractivity contribution in [3.05, 3.63) is 61.2 Å². The van der Waals surface area contributed by atoms with Crippen molar-refractivity contribution < 1.29 is 28.2 Å². The average Bonchev–Trinajstić information content (AvgIpc) is 3.08. The third-order valence-electron chi connectivity index (χ3n) is 4.24. The van der Waals surface area contributed by atoms with Gasteiger partial charge in [-0.1, -0.05) is 19.2 Å². The van der Waals surface area contributed by atoms with Gasteiger partial charge in [-0.25, -0.2) is 9.59 Å². The van der Waals surface area contributed by atoms with Gasteiger partial charge in [-0.15, -0.1) is 0 Å². The van der Waals surface area contributed by atoms with E-state index in [4.69, 9.17) is 18.6 Å². The lowest BCUT2D eigenvalue weighted by molar-refractivity contribution is -0.137. The van der Waals surface area contributed by atoms with Crippen molar-refractivity contribution in [2.45, 2.75) is 12.8 Å². The number of hydrogen-bond donors (Lipinski definition) is 0. The molecule has 6 nitrogen and oxygen atoms in total. The minimum atomic E-state index is -0.535. The summed E-state index contributed by atoms with van der Waals surface area (Å²) in [7, 11) is 1.58. The first-order valence-corrected chi connectivity index (χ1v) is 8.73. The summed E-state index contributed by atoms with van der Waals surface area (Å²) < 4.78 is 21.7. The third kappa shape index (κ3) is 3.91. The van der Waals surface area contributed by atoms with E-state index in [1.54, 1.807) is 19.2 Å². The molecule has 28 heavy (non-hydrogen) atoms. The maximum atomic E-state index is 11.4. The van der Waals surface area contributed by atoms with Gasteiger partial charge in [0, 0.05) is 29.0 Å². The molecule has 0 unspecified atom stereocenters. The molecule has 3 rings (SSSR count). The molecule has 2 aromatic carbocycles. The fourth-order valence-corrected chi connectivity index (χ4v) is 2.97. The van der Waals surface area contributed by atoms with Crippen molar-refractivity contribution in [2.24, 2.45) is 0 Å². The molecule has 0 saturated carbocycles. The van der Waals surface area contributed by atoms with E-state index in [1.165, 1.54) is 0 Å². The predicted octanol–water partition coefficient (Wildman–Crippen LogP) is 4.35. The van der Waals surface area contributed by atoms with E-state index < -0.39 is 11.9 Å². The summed E-state index contributed by atoms with van der Waals surface area (Å²) in [5.74, 6) is 0.0354. The van der Waals surface area contributed by atoms with Crippen LogP contribution in [0.1, 0.15) is 12.0 Å². The van der Waals surface area contributed by atoms with Gasteiger partial charge < -0.3 is 18.6 Å². The quantitative estimate of drug-likeness (QED) is 0.250. The predicted molar refractivity (Wildman–Crippen MR) is 106 cm³/mol. The Morgan fingerprint density at radius 1 is 1.07 bits per heavy atom. The topological polar surface area (TPSA) is 75.0 Å². The van der Waals surface area contributed by atoms with E-state index in [0.717, 1.165) is 28.5 Å². The average molecular weight is 380 g/mol. The van der Waals surface area contributed by atoms with Crippen LogP contribution in [0, 0.1) is 0 Å². The van der Waals surface area contributed by atoms with Gasteiger partial charge in [-0.05, 0) is 36.6 Å². The molecule has 1 heterocycles. The second-order valence-electron chi connectivity index (χ2n) is 6.00. The molecule has 1 aromatic heterocycles. The maximum absolute atomic E-state index is 11.4. The molecule has 0 atom stereocenters. The summed E-state index contributed by atoms with van der Waals surface area (Å²) in [6.07, 6.45) is 3.54. The second kappa shape index (κ2) is 8.43. The van der Waals surface area contributed by atoms with Crippen molar-refractivity contribution in [3.63, 3.8) is 0 Å². The van der Waals surface area contributed by atoms with E-state index in [1.807, 2.05) is 18.2 Å². The van der Waals surface area contributed by atoms with Crippen LogP contribution >= 0.6 is 0 Å². The Balaban J connectivity index is 1.90. The number of carbonyl (C=O) groups excluding carboxylic acids is 2. The van der Waals surface area contributed by atoms with Gasteiger partial charge in [0.25, 0.3) is 0 Å². The zero-order valence-corrected chi connectivity index (χ0v) is 15.5. The van der Waals surface area contributed by atoms with Crippen LogP contribution in [0.5, 0.6) is 11.5 Å². The van der Waals surface area contributed by atoms with Gasteiger partial charge in [0.05, 0.1) is 13.7 Å². The van der Waals surface area contributed by atoms with Gasteiger partial charge in [0.2, 0.25) is 0 Å². The van der Waals surface area contributed by atoms with Crippen molar-refractivity contribution >= 4 is 33.9 Å². The number of furan rings is 1. The zero-order valence-electron chi connectivity index (χ0n) is 15.5. The Bertz CT molecular complexity index is 1060. The first kappa shape index (κ1) is 19.2. The van der Waals surface area contributed by atoms with Crippen LogP contribution in [0.25, 0.3) is 21.9 Å². The lowest BCUT2D eigenvalue weighted by Crippen LogP contribution is -2.03. The SMILES string of the molecule is C=CC(=O)OCCCc1ccc2c(oc3cc(OC(=O)C=C)ccc32)c1OC. The number of rotatable bonds is 8. The van der Waals surface area contributed by atoms with E-state index in [-0.39, 0.29) is 0 Å². The molecule has 3 aromatic rings. The van der Waals surface area contributed by atoms with Crippen molar-refractivity contribution in [1.29, 1.82) is 0 Å². The molecule has 6 heteroatoms. The number of ether oxygens (including phenoxy) is 3. The highest BCUT2D eigenvalue weighted by molar-refractivity contribution is 6.07. The minimum absolute atomic E-state index is 0.296. The first-order chi connectivity index (χ1) is 13.6. The van der Waals surface area contributed by atoms with Gasteiger partial charge >= 0.3 is 11.9 Å². The highest BCUT2D eigenvalue weighted by Crippen LogP contribution is 2.38. The molecule has 144 valence electrons. The number of aryl methyl sites for hydroxylation is 1. The first-order valence-electron chi connectivity index (χ1n) is 8.73. The molecule has 0 amide bonds. The van der Waals surface area contributed by atoms with Gasteiger partial charge in [0.1, 0.15) is 11.3 Å². The van der Waals surface area contributed by atoms with Crippen LogP contribution in [0.2, 0.25) is 0 Å². The van der Waals surface area contributed by atoms with E-state index in [9.17, 15) is 9.59 Å². The Morgan fingerprint density at radius 3 is 2.54 bits per heavy atom. The summed E-state index contributed by atoms with van der Waals surface area (Å²) in [6, 6.07) is 9.12. The zero-order chi connectivity index (χ0) is 20.1. The fraction of sp³-hybridized carbons (Fsp3) is 0.182. The number of methoxy groups -OCH3 is 1. The molecule has 0 aliphatic rings. The lowest BCUT2D eigenvalue weighted by atomic mass is 10.0. The summed E-state index contributed by atoms with van der Waals surface area (Å²) in [5, 5.41) is 1.79. The molecule has 0 aliphatic carbocycles. The molecule has 0 spiro atoms. The van der Waals surface area contributed by atoms with E-state index >= 15 is 0 Å². The third-order valence-corrected chi connectivity index (χ3v) is 4.24. The highest BCUT2D eigenvalue weighted by Gasteiger charge is 2.16. The smallest absolute Gasteiger partial charge is 0.335 e. The Hall–Kier alpha value is -3.54. The fourth-order valence-electron chi connectivity index (χ4n) is 2.97. The van der Waals surface area contributed by atoms with Crippen molar-refractivity contribution in [2.75, 3.05) is 13.7 Å². The summed E-state index contributed by atoms with van der Waals surface area (Å²) in [5.41, 5.74) is 2.15. The molecular weight excluding hydrogens is 360 g/mol. The van der Waals surface area contributed by atoms with Crippen LogP contribution in [-0.4, -0.2) is 25.7 Å². The number of esters is 2. The van der Waals surface area contributed by atoms with Crippen LogP contribution < -0.4 is 9.47 Å². The normalized spacial score (nSPS) is 10.6. The van der Waals surface area contributed by atoms with Gasteiger partial charge in [0.15, 0.2) is 11.3 Å². The van der Waals surface area contributed by atoms with E-state index in [2.05, 4.69) is 13.2 Å². The van der Waals surface area contributed by atoms with Crippen LogP contribution in [-0.2, 0) is 20.7 Å². The Kier molecular flexibility index (Phi) is 5.79. The summed E-state index contributed by atoms with van der Waals surface area (Å²) in [6.45, 7) is 7.05. The Labute approximate surface area is 162 Å². The molecule has 0 saturated heterocycles. The van der Waals surface area contributed by atoms with Gasteiger partial charge in [-0.3, -0.25) is 0 Å². The molecular formula is C22H20O6. The molecule has 0 fully saturated rings. The number of hydrogen-bond acceptors (Lipinski definition) is 6. The maximum Gasteiger partial charge on any atom is 0.335 e. The standard InChI is InChI=1S/C22H20O6/c1-4-19(23)26-12-6-7-14-8-10-17-16-11-9-15(27-20(24)5-2)13-18(16)28-22(17)21(14)25-3/h4-5,8-11,13H,1-2,6-7,12H2,3H3. The summed E-state index contributed by atoms with van der Waals surface area (Å²) >= 11 is 0. The minimum Gasteiger partial charge on any atom is -0.493 e. The number of carbonyl (C=O) groups is 2. The molecule has 0 bridgehead atoms. The second-order valence-corrected chi connectivity index (χ2v) is 6.00. The van der Waals surface area contributed by atoms with Crippen molar-refractivity contribution in [3.8, 4) is 11.5 Å². The number of benzene rings is 2. The van der Waals surface area contributed by atoms with Crippen LogP contribution in [0.3, 0.4) is 0 Å². The monoisotopic (exact) mass is 380 g/mol. The molecule has 0 N–H and O–H groups in total. The number of fused-ring (bicyclic) bond motifs is 3. The lowest BCUT2D eigenvalue weighted by Gasteiger charge is -2.09. The van der Waals surface area contributed by atoms with E-state index in [0.29, 0.717) is 42.1 Å². The molecule has 0 radical (unpaired) electrons. The van der Waals surface area contributed by atoms with Crippen LogP contribution in [0.15, 0.2) is 60.1 Å². The van der Waals surface area contributed by atoms with Gasteiger partial charge in [-0.2, -0.15) is 0 Å².